The summed E-state index contributed by atoms with van der Waals surface area (Å²) in [6.07, 6.45) is 0. The van der Waals surface area contributed by atoms with E-state index in [1.807, 2.05) is 67.5 Å². The molecule has 2 aromatic carbocycles. The highest BCUT2D eigenvalue weighted by Gasteiger charge is 2.05. The van der Waals surface area contributed by atoms with Gasteiger partial charge in [0, 0.05) is 30.9 Å². The van der Waals surface area contributed by atoms with Gasteiger partial charge in [0.15, 0.2) is 0 Å². The Kier molecular flexibility index (Phi) is 5.59. The Labute approximate surface area is 126 Å². The van der Waals surface area contributed by atoms with Gasteiger partial charge in [0.25, 0.3) is 0 Å². The zero-order valence-electron chi connectivity index (χ0n) is 11.9. The van der Waals surface area contributed by atoms with Crippen LogP contribution < -0.4 is 9.64 Å². The molecule has 0 aliphatic heterocycles. The Bertz CT molecular complexity index is 562. The van der Waals surface area contributed by atoms with E-state index in [2.05, 4.69) is 0 Å². The van der Waals surface area contributed by atoms with Crippen LogP contribution in [0.5, 0.6) is 5.75 Å². The molecule has 0 bridgehead atoms. The quantitative estimate of drug-likeness (QED) is 0.874. The fraction of sp³-hybridized carbons (Fsp3) is 0.188. The molecule has 3 nitrogen and oxygen atoms in total. The van der Waals surface area contributed by atoms with Crippen LogP contribution in [0, 0.1) is 5.41 Å². The molecular formula is C16H19ClN2O. The summed E-state index contributed by atoms with van der Waals surface area (Å²) in [6.45, 7) is 0. The number of methoxy groups -OCH3 is 1. The number of anilines is 1. The standard InChI is InChI=1S/C16H18N2O.ClH/c1-18(2)14-8-4-12(5-9-14)16(17)13-6-10-15(19-3)11-7-13;/h4-11,17H,1-3H3;1H. The highest BCUT2D eigenvalue weighted by atomic mass is 35.5. The molecule has 0 spiro atoms. The van der Waals surface area contributed by atoms with E-state index in [9.17, 15) is 0 Å². The lowest BCUT2D eigenvalue weighted by atomic mass is 10.0. The predicted molar refractivity (Wildman–Crippen MR) is 86.9 cm³/mol. The monoisotopic (exact) mass is 290 g/mol. The molecule has 1 N–H and O–H groups in total. The van der Waals surface area contributed by atoms with Crippen LogP contribution in [0.1, 0.15) is 11.1 Å². The van der Waals surface area contributed by atoms with E-state index >= 15 is 0 Å². The van der Waals surface area contributed by atoms with Crippen molar-refractivity contribution in [3.8, 4) is 5.75 Å². The van der Waals surface area contributed by atoms with Gasteiger partial charge < -0.3 is 9.64 Å². The van der Waals surface area contributed by atoms with Crippen LogP contribution in [0.25, 0.3) is 0 Å². The van der Waals surface area contributed by atoms with E-state index < -0.39 is 0 Å². The van der Waals surface area contributed by atoms with Crippen LogP contribution in [0.3, 0.4) is 0 Å². The third kappa shape index (κ3) is 3.52. The van der Waals surface area contributed by atoms with Gasteiger partial charge in [-0.3, -0.25) is 5.41 Å². The van der Waals surface area contributed by atoms with Crippen LogP contribution in [-0.4, -0.2) is 26.9 Å². The Morgan fingerprint density at radius 2 is 1.35 bits per heavy atom. The minimum absolute atomic E-state index is 0. The number of rotatable bonds is 4. The topological polar surface area (TPSA) is 36.3 Å². The van der Waals surface area contributed by atoms with E-state index in [4.69, 9.17) is 10.1 Å². The molecule has 4 heteroatoms. The maximum absolute atomic E-state index is 8.22. The van der Waals surface area contributed by atoms with E-state index in [0.717, 1.165) is 22.6 Å². The van der Waals surface area contributed by atoms with Crippen LogP contribution in [0.2, 0.25) is 0 Å². The zero-order chi connectivity index (χ0) is 13.8. The summed E-state index contributed by atoms with van der Waals surface area (Å²) in [6, 6.07) is 15.5. The van der Waals surface area contributed by atoms with Gasteiger partial charge in [-0.05, 0) is 36.4 Å². The van der Waals surface area contributed by atoms with Crippen molar-refractivity contribution in [3.05, 3.63) is 59.7 Å². The SMILES string of the molecule is COc1ccc(C(=N)c2ccc(N(C)C)cc2)cc1.Cl. The van der Waals surface area contributed by atoms with Gasteiger partial charge in [-0.15, -0.1) is 12.4 Å². The lowest BCUT2D eigenvalue weighted by Crippen LogP contribution is -2.09. The fourth-order valence-corrected chi connectivity index (χ4v) is 1.85. The first kappa shape index (κ1) is 16.1. The second-order valence-electron chi connectivity index (χ2n) is 4.54. The third-order valence-electron chi connectivity index (χ3n) is 3.05. The largest absolute Gasteiger partial charge is 0.497 e. The molecule has 0 aliphatic carbocycles. The molecule has 0 unspecified atom stereocenters. The number of ether oxygens (including phenoxy) is 1. The van der Waals surface area contributed by atoms with Crippen molar-refractivity contribution in [1.82, 2.24) is 0 Å². The normalized spacial score (nSPS) is 9.55. The maximum atomic E-state index is 8.22. The molecule has 2 rings (SSSR count). The van der Waals surface area contributed by atoms with Crippen molar-refractivity contribution in [1.29, 1.82) is 5.41 Å². The molecule has 0 atom stereocenters. The number of halogens is 1. The zero-order valence-corrected chi connectivity index (χ0v) is 12.7. The van der Waals surface area contributed by atoms with Crippen molar-refractivity contribution in [3.63, 3.8) is 0 Å². The van der Waals surface area contributed by atoms with E-state index in [-0.39, 0.29) is 12.4 Å². The van der Waals surface area contributed by atoms with Crippen molar-refractivity contribution in [2.24, 2.45) is 0 Å². The van der Waals surface area contributed by atoms with Gasteiger partial charge >= 0.3 is 0 Å². The van der Waals surface area contributed by atoms with Gasteiger partial charge in [-0.1, -0.05) is 12.1 Å². The first-order valence-corrected chi connectivity index (χ1v) is 6.12. The van der Waals surface area contributed by atoms with Gasteiger partial charge in [-0.25, -0.2) is 0 Å². The smallest absolute Gasteiger partial charge is 0.118 e. The van der Waals surface area contributed by atoms with Crippen molar-refractivity contribution < 1.29 is 4.74 Å². The molecule has 0 aromatic heterocycles. The first-order valence-electron chi connectivity index (χ1n) is 6.12. The number of nitrogens with zero attached hydrogens (tertiary/aromatic N) is 1. The van der Waals surface area contributed by atoms with Crippen LogP contribution in [0.4, 0.5) is 5.69 Å². The Morgan fingerprint density at radius 3 is 1.75 bits per heavy atom. The first-order chi connectivity index (χ1) is 9.11. The minimum Gasteiger partial charge on any atom is -0.497 e. The van der Waals surface area contributed by atoms with Crippen LogP contribution in [-0.2, 0) is 0 Å². The molecule has 106 valence electrons. The lowest BCUT2D eigenvalue weighted by molar-refractivity contribution is 0.415. The third-order valence-corrected chi connectivity index (χ3v) is 3.05. The molecule has 2 aromatic rings. The van der Waals surface area contributed by atoms with Gasteiger partial charge in [0.05, 0.1) is 12.8 Å². The lowest BCUT2D eigenvalue weighted by Gasteiger charge is -2.13. The van der Waals surface area contributed by atoms with E-state index in [1.165, 1.54) is 0 Å². The molecule has 0 radical (unpaired) electrons. The molecule has 0 saturated heterocycles. The van der Waals surface area contributed by atoms with Crippen LogP contribution in [0.15, 0.2) is 48.5 Å². The van der Waals surface area contributed by atoms with E-state index in [0.29, 0.717) is 5.71 Å². The molecule has 0 heterocycles. The highest BCUT2D eigenvalue weighted by Crippen LogP contribution is 2.17. The number of nitrogens with one attached hydrogen (secondary N) is 1. The predicted octanol–water partition coefficient (Wildman–Crippen LogP) is 3.60. The summed E-state index contributed by atoms with van der Waals surface area (Å²) >= 11 is 0. The van der Waals surface area contributed by atoms with Crippen molar-refractivity contribution in [2.75, 3.05) is 26.1 Å². The molecule has 0 amide bonds. The summed E-state index contributed by atoms with van der Waals surface area (Å²) in [5.41, 5.74) is 3.45. The fourth-order valence-electron chi connectivity index (χ4n) is 1.85. The molecule has 0 fully saturated rings. The van der Waals surface area contributed by atoms with Crippen LogP contribution >= 0.6 is 12.4 Å². The van der Waals surface area contributed by atoms with Gasteiger partial charge in [0.1, 0.15) is 5.75 Å². The number of benzene rings is 2. The van der Waals surface area contributed by atoms with Gasteiger partial charge in [0.2, 0.25) is 0 Å². The maximum Gasteiger partial charge on any atom is 0.118 e. The highest BCUT2D eigenvalue weighted by molar-refractivity contribution is 6.11. The Hall–Kier alpha value is -2.00. The second kappa shape index (κ2) is 6.96. The van der Waals surface area contributed by atoms with E-state index in [1.54, 1.807) is 7.11 Å². The average Bonchev–Trinajstić information content (AvgIpc) is 2.46. The summed E-state index contributed by atoms with van der Waals surface area (Å²) in [5.74, 6) is 0.805. The Balaban J connectivity index is 0.00000200. The summed E-state index contributed by atoms with van der Waals surface area (Å²) in [7, 11) is 5.65. The minimum atomic E-state index is 0. The summed E-state index contributed by atoms with van der Waals surface area (Å²) in [5, 5.41) is 8.22. The second-order valence-corrected chi connectivity index (χ2v) is 4.54. The van der Waals surface area contributed by atoms with Crippen molar-refractivity contribution >= 4 is 23.8 Å². The summed E-state index contributed by atoms with van der Waals surface area (Å²) < 4.78 is 5.12. The average molecular weight is 291 g/mol. The van der Waals surface area contributed by atoms with Crippen molar-refractivity contribution in [2.45, 2.75) is 0 Å². The summed E-state index contributed by atoms with van der Waals surface area (Å²) in [4.78, 5) is 2.04. The number of hydrogen-bond acceptors (Lipinski definition) is 3. The molecular weight excluding hydrogens is 272 g/mol. The number of hydrogen-bond donors (Lipinski definition) is 1. The Morgan fingerprint density at radius 1 is 0.900 bits per heavy atom. The molecule has 0 saturated carbocycles. The van der Waals surface area contributed by atoms with Gasteiger partial charge in [-0.2, -0.15) is 0 Å². The molecule has 0 aliphatic rings. The molecule has 20 heavy (non-hydrogen) atoms.